The summed E-state index contributed by atoms with van der Waals surface area (Å²) in [7, 11) is -3.63. The lowest BCUT2D eigenvalue weighted by molar-refractivity contribution is -0.123. The molecule has 2 atom stereocenters. The molecule has 0 aromatic heterocycles. The number of piperidine rings is 2. The van der Waals surface area contributed by atoms with Crippen molar-refractivity contribution in [2.24, 2.45) is 5.73 Å². The van der Waals surface area contributed by atoms with Gasteiger partial charge in [-0.2, -0.15) is 4.31 Å². The van der Waals surface area contributed by atoms with Crippen molar-refractivity contribution >= 4 is 33.4 Å². The number of sulfonamides is 1. The second kappa shape index (κ2) is 8.50. The lowest BCUT2D eigenvalue weighted by Gasteiger charge is -2.38. The quantitative estimate of drug-likeness (QED) is 0.701. The van der Waals surface area contributed by atoms with Crippen LogP contribution in [0.5, 0.6) is 0 Å². The average Bonchev–Trinajstić information content (AvgIpc) is 2.67. The zero-order chi connectivity index (χ0) is 21.2. The molecule has 3 rings (SSSR count). The van der Waals surface area contributed by atoms with Crippen LogP contribution >= 0.6 is 0 Å². The third-order valence-electron chi connectivity index (χ3n) is 5.38. The van der Waals surface area contributed by atoms with Crippen molar-refractivity contribution in [3.63, 3.8) is 0 Å². The molecule has 9 nitrogen and oxygen atoms in total. The number of carbonyl (C=O) groups excluding carboxylic acids is 3. The summed E-state index contributed by atoms with van der Waals surface area (Å²) in [6.07, 6.45) is 4.34. The molecule has 0 bridgehead atoms. The Morgan fingerprint density at radius 2 is 1.79 bits per heavy atom. The summed E-state index contributed by atoms with van der Waals surface area (Å²) in [5.41, 5.74) is 6.54. The molecule has 2 unspecified atom stereocenters. The molecule has 2 aliphatic heterocycles. The van der Waals surface area contributed by atoms with Crippen molar-refractivity contribution in [1.82, 2.24) is 9.62 Å². The van der Waals surface area contributed by atoms with Crippen molar-refractivity contribution in [2.75, 3.05) is 24.2 Å². The van der Waals surface area contributed by atoms with Gasteiger partial charge in [-0.3, -0.25) is 14.4 Å². The fourth-order valence-corrected chi connectivity index (χ4v) is 5.08. The molecule has 0 saturated carbocycles. The minimum atomic E-state index is -3.63. The van der Waals surface area contributed by atoms with Crippen molar-refractivity contribution in [3.05, 3.63) is 29.8 Å². The van der Waals surface area contributed by atoms with E-state index in [-0.39, 0.29) is 12.5 Å². The second-order valence-corrected chi connectivity index (χ2v) is 9.43. The Kier molecular flexibility index (Phi) is 6.23. The molecule has 10 heteroatoms. The first-order chi connectivity index (χ1) is 13.7. The summed E-state index contributed by atoms with van der Waals surface area (Å²) in [6.45, 7) is 0.853. The van der Waals surface area contributed by atoms with Gasteiger partial charge >= 0.3 is 0 Å². The first kappa shape index (κ1) is 21.3. The summed E-state index contributed by atoms with van der Waals surface area (Å²) in [5.74, 6) is -1.15. The van der Waals surface area contributed by atoms with Crippen molar-refractivity contribution in [1.29, 1.82) is 0 Å². The predicted octanol–water partition coefficient (Wildman–Crippen LogP) is 0.211. The van der Waals surface area contributed by atoms with E-state index in [1.807, 2.05) is 0 Å². The standard InChI is InChI=1S/C19H26N4O5S/c1-29(27,28)23-12-4-5-15(17(23)18(20)25)21-19(26)13-7-9-14(10-8-13)22-11-3-2-6-16(22)24/h7-10,15,17H,2-6,11-12H2,1H3,(H2,20,25)(H,21,26). The highest BCUT2D eigenvalue weighted by Crippen LogP contribution is 2.23. The molecule has 0 spiro atoms. The summed E-state index contributed by atoms with van der Waals surface area (Å²) >= 11 is 0. The molecule has 29 heavy (non-hydrogen) atoms. The van der Waals surface area contributed by atoms with E-state index in [9.17, 15) is 22.8 Å². The van der Waals surface area contributed by atoms with Crippen LogP contribution in [0.1, 0.15) is 42.5 Å². The zero-order valence-corrected chi connectivity index (χ0v) is 17.2. The minimum Gasteiger partial charge on any atom is -0.368 e. The number of benzene rings is 1. The highest BCUT2D eigenvalue weighted by molar-refractivity contribution is 7.88. The third kappa shape index (κ3) is 4.76. The Balaban J connectivity index is 1.73. The number of rotatable bonds is 5. The van der Waals surface area contributed by atoms with Crippen LogP contribution in [0, 0.1) is 0 Å². The normalized spacial score (nSPS) is 23.6. The fourth-order valence-electron chi connectivity index (χ4n) is 3.95. The Morgan fingerprint density at radius 3 is 2.38 bits per heavy atom. The van der Waals surface area contributed by atoms with Gasteiger partial charge in [0.25, 0.3) is 5.91 Å². The van der Waals surface area contributed by atoms with Gasteiger partial charge < -0.3 is 16.0 Å². The molecule has 2 heterocycles. The number of carbonyl (C=O) groups is 3. The lowest BCUT2D eigenvalue weighted by Crippen LogP contribution is -2.61. The Bertz CT molecular complexity index is 900. The van der Waals surface area contributed by atoms with E-state index in [4.69, 9.17) is 5.73 Å². The van der Waals surface area contributed by atoms with Crippen LogP contribution < -0.4 is 16.0 Å². The van der Waals surface area contributed by atoms with Gasteiger partial charge in [-0.25, -0.2) is 8.42 Å². The van der Waals surface area contributed by atoms with Crippen molar-refractivity contribution in [2.45, 2.75) is 44.2 Å². The maximum absolute atomic E-state index is 12.7. The van der Waals surface area contributed by atoms with E-state index in [1.54, 1.807) is 29.2 Å². The molecular formula is C19H26N4O5S. The van der Waals surface area contributed by atoms with Crippen LogP contribution in [0.3, 0.4) is 0 Å². The SMILES string of the molecule is CS(=O)(=O)N1CCCC(NC(=O)c2ccc(N3CCCCC3=O)cc2)C1C(N)=O. The number of hydrogen-bond donors (Lipinski definition) is 2. The second-order valence-electron chi connectivity index (χ2n) is 7.49. The van der Waals surface area contributed by atoms with Gasteiger partial charge in [-0.05, 0) is 49.9 Å². The van der Waals surface area contributed by atoms with Crippen LogP contribution in [-0.2, 0) is 19.6 Å². The molecule has 2 saturated heterocycles. The van der Waals surface area contributed by atoms with Gasteiger partial charge in [-0.1, -0.05) is 0 Å². The van der Waals surface area contributed by atoms with Gasteiger partial charge in [0, 0.05) is 30.8 Å². The Hall–Kier alpha value is -2.46. The first-order valence-corrected chi connectivity index (χ1v) is 11.5. The van der Waals surface area contributed by atoms with Crippen molar-refractivity contribution in [3.8, 4) is 0 Å². The first-order valence-electron chi connectivity index (χ1n) is 9.66. The molecule has 1 aromatic rings. The van der Waals surface area contributed by atoms with Gasteiger partial charge in [0.1, 0.15) is 6.04 Å². The zero-order valence-electron chi connectivity index (χ0n) is 16.3. The van der Waals surface area contributed by atoms with Gasteiger partial charge in [0.05, 0.1) is 12.3 Å². The average molecular weight is 423 g/mol. The highest BCUT2D eigenvalue weighted by atomic mass is 32.2. The van der Waals surface area contributed by atoms with Crippen LogP contribution in [0.25, 0.3) is 0 Å². The van der Waals surface area contributed by atoms with E-state index in [0.717, 1.165) is 29.1 Å². The highest BCUT2D eigenvalue weighted by Gasteiger charge is 2.40. The molecule has 2 aliphatic rings. The van der Waals surface area contributed by atoms with Crippen LogP contribution in [0.4, 0.5) is 5.69 Å². The Morgan fingerprint density at radius 1 is 1.10 bits per heavy atom. The van der Waals surface area contributed by atoms with Crippen LogP contribution in [-0.4, -0.2) is 61.9 Å². The molecule has 2 fully saturated rings. The number of nitrogens with zero attached hydrogens (tertiary/aromatic N) is 2. The van der Waals surface area contributed by atoms with Gasteiger partial charge in [0.2, 0.25) is 21.8 Å². The summed E-state index contributed by atoms with van der Waals surface area (Å²) in [4.78, 5) is 38.3. The monoisotopic (exact) mass is 422 g/mol. The summed E-state index contributed by atoms with van der Waals surface area (Å²) in [5, 5.41) is 2.75. The van der Waals surface area contributed by atoms with E-state index in [1.165, 1.54) is 0 Å². The number of anilines is 1. The smallest absolute Gasteiger partial charge is 0.251 e. The number of amides is 3. The van der Waals surface area contributed by atoms with Crippen molar-refractivity contribution < 1.29 is 22.8 Å². The molecule has 3 amide bonds. The minimum absolute atomic E-state index is 0.0702. The van der Waals surface area contributed by atoms with E-state index in [0.29, 0.717) is 31.4 Å². The number of primary amides is 1. The number of hydrogen-bond acceptors (Lipinski definition) is 5. The number of nitrogens with one attached hydrogen (secondary N) is 1. The van der Waals surface area contributed by atoms with Gasteiger partial charge in [-0.15, -0.1) is 0 Å². The molecule has 0 radical (unpaired) electrons. The summed E-state index contributed by atoms with van der Waals surface area (Å²) in [6, 6.07) is 4.84. The maximum Gasteiger partial charge on any atom is 0.251 e. The third-order valence-corrected chi connectivity index (χ3v) is 6.65. The van der Waals surface area contributed by atoms with E-state index >= 15 is 0 Å². The molecular weight excluding hydrogens is 396 g/mol. The maximum atomic E-state index is 12.7. The molecule has 1 aromatic carbocycles. The lowest BCUT2D eigenvalue weighted by atomic mass is 9.97. The predicted molar refractivity (Wildman–Crippen MR) is 108 cm³/mol. The van der Waals surface area contributed by atoms with Crippen LogP contribution in [0.2, 0.25) is 0 Å². The molecule has 3 N–H and O–H groups in total. The Labute approximate surface area is 170 Å². The molecule has 158 valence electrons. The summed E-state index contributed by atoms with van der Waals surface area (Å²) < 4.78 is 25.0. The fraction of sp³-hybridized carbons (Fsp3) is 0.526. The van der Waals surface area contributed by atoms with Gasteiger partial charge in [0.15, 0.2) is 0 Å². The molecule has 0 aliphatic carbocycles. The van der Waals surface area contributed by atoms with Crippen LogP contribution in [0.15, 0.2) is 24.3 Å². The number of nitrogens with two attached hydrogens (primary N) is 1. The largest absolute Gasteiger partial charge is 0.368 e. The topological polar surface area (TPSA) is 130 Å². The van der Waals surface area contributed by atoms with E-state index in [2.05, 4.69) is 5.32 Å². The van der Waals surface area contributed by atoms with E-state index < -0.39 is 33.9 Å².